The summed E-state index contributed by atoms with van der Waals surface area (Å²) in [5, 5.41) is 2.97. The summed E-state index contributed by atoms with van der Waals surface area (Å²) in [6.07, 6.45) is -0.566. The molecule has 0 heterocycles. The van der Waals surface area contributed by atoms with E-state index in [1.165, 1.54) is 0 Å². The van der Waals surface area contributed by atoms with Crippen molar-refractivity contribution >= 4 is 11.6 Å². The van der Waals surface area contributed by atoms with Gasteiger partial charge in [-0.3, -0.25) is 4.79 Å². The summed E-state index contributed by atoms with van der Waals surface area (Å²) in [5.41, 5.74) is 5.23. The highest BCUT2D eigenvalue weighted by atomic mass is 16.5. The number of ether oxygens (including phenoxy) is 1. The number of rotatable bonds is 5. The maximum Gasteiger partial charge on any atom is 0.265 e. The van der Waals surface area contributed by atoms with Crippen molar-refractivity contribution in [1.82, 2.24) is 0 Å². The minimum absolute atomic E-state index is 0.139. The predicted molar refractivity (Wildman–Crippen MR) is 99.9 cm³/mol. The number of hydrogen-bond donors (Lipinski definition) is 1. The van der Waals surface area contributed by atoms with E-state index in [4.69, 9.17) is 4.74 Å². The minimum atomic E-state index is -0.566. The Labute approximate surface area is 145 Å². The van der Waals surface area contributed by atoms with E-state index in [-0.39, 0.29) is 5.91 Å². The van der Waals surface area contributed by atoms with E-state index in [0.29, 0.717) is 5.92 Å². The number of benzene rings is 2. The van der Waals surface area contributed by atoms with Crippen LogP contribution in [-0.4, -0.2) is 12.0 Å². The number of amides is 1. The van der Waals surface area contributed by atoms with Gasteiger partial charge in [0.05, 0.1) is 0 Å². The fourth-order valence-electron chi connectivity index (χ4n) is 2.57. The van der Waals surface area contributed by atoms with Gasteiger partial charge in [0.15, 0.2) is 6.10 Å². The molecule has 128 valence electrons. The first-order valence-corrected chi connectivity index (χ1v) is 8.43. The fourth-order valence-corrected chi connectivity index (χ4v) is 2.57. The van der Waals surface area contributed by atoms with Gasteiger partial charge in [0, 0.05) is 5.69 Å². The number of carbonyl (C=O) groups excluding carboxylic acids is 1. The molecule has 3 heteroatoms. The van der Waals surface area contributed by atoms with Crippen LogP contribution < -0.4 is 10.1 Å². The summed E-state index contributed by atoms with van der Waals surface area (Å²) in [6.45, 7) is 12.1. The van der Waals surface area contributed by atoms with Gasteiger partial charge >= 0.3 is 0 Å². The van der Waals surface area contributed by atoms with Crippen LogP contribution in [0, 0.1) is 20.8 Å². The van der Waals surface area contributed by atoms with E-state index in [1.54, 1.807) is 6.92 Å². The van der Waals surface area contributed by atoms with Crippen LogP contribution in [0.2, 0.25) is 0 Å². The lowest BCUT2D eigenvalue weighted by atomic mass is 10.0. The SMILES string of the molecule is Cc1ccc(C)c(NC(=O)[C@H](C)Oc2cc(C)ccc2C(C)C)c1. The third-order valence-corrected chi connectivity index (χ3v) is 4.11. The molecular weight excluding hydrogens is 298 g/mol. The first-order valence-electron chi connectivity index (χ1n) is 8.43. The molecule has 2 rings (SSSR count). The van der Waals surface area contributed by atoms with Gasteiger partial charge in [0.2, 0.25) is 0 Å². The minimum Gasteiger partial charge on any atom is -0.481 e. The number of aryl methyl sites for hydroxylation is 3. The van der Waals surface area contributed by atoms with E-state index in [0.717, 1.165) is 33.7 Å². The molecule has 0 unspecified atom stereocenters. The summed E-state index contributed by atoms with van der Waals surface area (Å²) in [5.74, 6) is 0.989. The van der Waals surface area contributed by atoms with Crippen molar-refractivity contribution in [1.29, 1.82) is 0 Å². The van der Waals surface area contributed by atoms with Crippen molar-refractivity contribution in [2.45, 2.75) is 53.6 Å². The largest absolute Gasteiger partial charge is 0.481 e. The molecule has 2 aromatic carbocycles. The summed E-state index contributed by atoms with van der Waals surface area (Å²) in [7, 11) is 0. The van der Waals surface area contributed by atoms with Gasteiger partial charge < -0.3 is 10.1 Å². The zero-order valence-electron chi connectivity index (χ0n) is 15.4. The Balaban J connectivity index is 2.15. The second-order valence-electron chi connectivity index (χ2n) is 6.76. The molecule has 0 spiro atoms. The van der Waals surface area contributed by atoms with Crippen LogP contribution >= 0.6 is 0 Å². The third kappa shape index (κ3) is 4.38. The Bertz CT molecular complexity index is 735. The number of nitrogens with one attached hydrogen (secondary N) is 1. The summed E-state index contributed by atoms with van der Waals surface area (Å²) >= 11 is 0. The molecule has 0 fully saturated rings. The average Bonchev–Trinajstić information content (AvgIpc) is 2.50. The molecule has 1 atom stereocenters. The summed E-state index contributed by atoms with van der Waals surface area (Å²) in [6, 6.07) is 12.2. The standard InChI is InChI=1S/C21H27NO2/c1-13(2)18-10-8-15(4)12-20(18)24-17(6)21(23)22-19-11-14(3)7-9-16(19)5/h7-13,17H,1-6H3,(H,22,23)/t17-/m0/s1. The highest BCUT2D eigenvalue weighted by Crippen LogP contribution is 2.28. The molecule has 2 aromatic rings. The van der Waals surface area contributed by atoms with E-state index >= 15 is 0 Å². The van der Waals surface area contributed by atoms with Crippen LogP contribution in [0.25, 0.3) is 0 Å². The Morgan fingerprint density at radius 2 is 1.58 bits per heavy atom. The van der Waals surface area contributed by atoms with Gasteiger partial charge in [-0.25, -0.2) is 0 Å². The van der Waals surface area contributed by atoms with Crippen LogP contribution in [0.15, 0.2) is 36.4 Å². The predicted octanol–water partition coefficient (Wildman–Crippen LogP) is 5.14. The normalized spacial score (nSPS) is 12.1. The molecule has 1 N–H and O–H groups in total. The maximum atomic E-state index is 12.5. The zero-order valence-corrected chi connectivity index (χ0v) is 15.4. The van der Waals surface area contributed by atoms with Crippen LogP contribution in [0.4, 0.5) is 5.69 Å². The Hall–Kier alpha value is -2.29. The van der Waals surface area contributed by atoms with Gasteiger partial charge in [0.1, 0.15) is 5.75 Å². The van der Waals surface area contributed by atoms with Crippen LogP contribution in [-0.2, 0) is 4.79 Å². The maximum absolute atomic E-state index is 12.5. The smallest absolute Gasteiger partial charge is 0.265 e. The van der Waals surface area contributed by atoms with Gasteiger partial charge in [0.25, 0.3) is 5.91 Å². The molecular formula is C21H27NO2. The highest BCUT2D eigenvalue weighted by Gasteiger charge is 2.18. The fraction of sp³-hybridized carbons (Fsp3) is 0.381. The lowest BCUT2D eigenvalue weighted by Crippen LogP contribution is -2.30. The number of anilines is 1. The summed E-state index contributed by atoms with van der Waals surface area (Å²) in [4.78, 5) is 12.5. The van der Waals surface area contributed by atoms with Gasteiger partial charge in [-0.1, -0.05) is 38.1 Å². The Morgan fingerprint density at radius 1 is 0.958 bits per heavy atom. The van der Waals surface area contributed by atoms with Crippen molar-refractivity contribution in [2.75, 3.05) is 5.32 Å². The van der Waals surface area contributed by atoms with Crippen molar-refractivity contribution in [3.05, 3.63) is 58.7 Å². The van der Waals surface area contributed by atoms with E-state index in [1.807, 2.05) is 45.0 Å². The van der Waals surface area contributed by atoms with Gasteiger partial charge in [-0.15, -0.1) is 0 Å². The number of carbonyl (C=O) groups is 1. The summed E-state index contributed by atoms with van der Waals surface area (Å²) < 4.78 is 5.98. The third-order valence-electron chi connectivity index (χ3n) is 4.11. The molecule has 24 heavy (non-hydrogen) atoms. The van der Waals surface area contributed by atoms with Crippen molar-refractivity contribution < 1.29 is 9.53 Å². The second kappa shape index (κ2) is 7.52. The van der Waals surface area contributed by atoms with Crippen LogP contribution in [0.1, 0.15) is 48.9 Å². The van der Waals surface area contributed by atoms with Gasteiger partial charge in [-0.2, -0.15) is 0 Å². The second-order valence-corrected chi connectivity index (χ2v) is 6.76. The van der Waals surface area contributed by atoms with Crippen molar-refractivity contribution in [2.24, 2.45) is 0 Å². The molecule has 3 nitrogen and oxygen atoms in total. The van der Waals surface area contributed by atoms with E-state index < -0.39 is 6.10 Å². The molecule has 1 amide bonds. The average molecular weight is 325 g/mol. The van der Waals surface area contributed by atoms with Crippen molar-refractivity contribution in [3.8, 4) is 5.75 Å². The monoisotopic (exact) mass is 325 g/mol. The number of hydrogen-bond acceptors (Lipinski definition) is 2. The molecule has 0 saturated heterocycles. The molecule has 0 aliphatic rings. The highest BCUT2D eigenvalue weighted by molar-refractivity contribution is 5.94. The van der Waals surface area contributed by atoms with Crippen molar-refractivity contribution in [3.63, 3.8) is 0 Å². The zero-order chi connectivity index (χ0) is 17.9. The first kappa shape index (κ1) is 18.1. The lowest BCUT2D eigenvalue weighted by Gasteiger charge is -2.20. The van der Waals surface area contributed by atoms with Crippen LogP contribution in [0.5, 0.6) is 5.75 Å². The Morgan fingerprint density at radius 3 is 2.25 bits per heavy atom. The van der Waals surface area contributed by atoms with Gasteiger partial charge in [-0.05, 0) is 68.0 Å². The van der Waals surface area contributed by atoms with E-state index in [2.05, 4.69) is 31.3 Å². The van der Waals surface area contributed by atoms with E-state index in [9.17, 15) is 4.79 Å². The lowest BCUT2D eigenvalue weighted by molar-refractivity contribution is -0.122. The first-order chi connectivity index (χ1) is 11.3. The van der Waals surface area contributed by atoms with Crippen LogP contribution in [0.3, 0.4) is 0 Å². The molecule has 0 aliphatic carbocycles. The Kier molecular flexibility index (Phi) is 5.66. The molecule has 0 aromatic heterocycles. The molecule has 0 saturated carbocycles. The topological polar surface area (TPSA) is 38.3 Å². The molecule has 0 radical (unpaired) electrons. The molecule has 0 aliphatic heterocycles. The molecule has 0 bridgehead atoms. The quantitative estimate of drug-likeness (QED) is 0.826.